The summed E-state index contributed by atoms with van der Waals surface area (Å²) in [6.45, 7) is 2.22. The van der Waals surface area contributed by atoms with Crippen LogP contribution in [0, 0.1) is 5.41 Å². The number of hydrogen-bond acceptors (Lipinski definition) is 2. The largest absolute Gasteiger partial charge is 0.481 e. The van der Waals surface area contributed by atoms with Crippen molar-refractivity contribution >= 4 is 11.9 Å². The van der Waals surface area contributed by atoms with E-state index < -0.39 is 11.4 Å². The van der Waals surface area contributed by atoms with Crippen molar-refractivity contribution in [1.82, 2.24) is 5.32 Å². The molecule has 0 heterocycles. The van der Waals surface area contributed by atoms with Gasteiger partial charge in [-0.25, -0.2) is 0 Å². The van der Waals surface area contributed by atoms with Crippen molar-refractivity contribution in [3.63, 3.8) is 0 Å². The molecule has 2 saturated carbocycles. The minimum Gasteiger partial charge on any atom is -0.481 e. The quantitative estimate of drug-likeness (QED) is 0.879. The number of carboxylic acid groups (broad SMARTS) is 1. The first kappa shape index (κ1) is 15.1. The van der Waals surface area contributed by atoms with Gasteiger partial charge in [0.25, 0.3) is 0 Å². The molecule has 2 aliphatic rings. The Kier molecular flexibility index (Phi) is 3.71. The minimum absolute atomic E-state index is 0.109. The Morgan fingerprint density at radius 1 is 1.23 bits per heavy atom. The van der Waals surface area contributed by atoms with Crippen LogP contribution in [0.25, 0.3) is 0 Å². The number of nitrogens with one attached hydrogen (secondary N) is 1. The van der Waals surface area contributed by atoms with Gasteiger partial charge in [-0.2, -0.15) is 0 Å². The zero-order valence-electron chi connectivity index (χ0n) is 13.0. The second kappa shape index (κ2) is 5.41. The first-order valence-electron chi connectivity index (χ1n) is 8.02. The molecule has 0 unspecified atom stereocenters. The highest BCUT2D eigenvalue weighted by Gasteiger charge is 2.47. The summed E-state index contributed by atoms with van der Waals surface area (Å²) in [5.41, 5.74) is 0.637. The van der Waals surface area contributed by atoms with E-state index in [2.05, 4.69) is 24.4 Å². The molecular weight excluding hydrogens is 278 g/mol. The van der Waals surface area contributed by atoms with Crippen LogP contribution in [-0.2, 0) is 15.0 Å². The molecule has 0 bridgehead atoms. The molecule has 1 aromatic rings. The Balaban J connectivity index is 1.52. The lowest BCUT2D eigenvalue weighted by atomic mass is 9.62. The van der Waals surface area contributed by atoms with E-state index in [1.54, 1.807) is 0 Å². The average Bonchev–Trinajstić information content (AvgIpc) is 2.41. The maximum atomic E-state index is 12.1. The van der Waals surface area contributed by atoms with Crippen LogP contribution in [0.2, 0.25) is 0 Å². The highest BCUT2D eigenvalue weighted by Crippen LogP contribution is 2.45. The molecule has 3 rings (SSSR count). The van der Waals surface area contributed by atoms with E-state index in [0.29, 0.717) is 12.8 Å². The number of amides is 1. The summed E-state index contributed by atoms with van der Waals surface area (Å²) in [5.74, 6) is -0.932. The van der Waals surface area contributed by atoms with E-state index in [0.717, 1.165) is 19.3 Å². The van der Waals surface area contributed by atoms with Gasteiger partial charge in [-0.3, -0.25) is 9.59 Å². The molecule has 22 heavy (non-hydrogen) atoms. The lowest BCUT2D eigenvalue weighted by molar-refractivity contribution is -0.157. The fourth-order valence-electron chi connectivity index (χ4n) is 3.86. The summed E-state index contributed by atoms with van der Waals surface area (Å²) in [5, 5.41) is 12.3. The first-order valence-corrected chi connectivity index (χ1v) is 8.02. The molecular formula is C18H23NO3. The predicted octanol–water partition coefficient (Wildman–Crippen LogP) is 2.87. The van der Waals surface area contributed by atoms with Crippen molar-refractivity contribution in [2.75, 3.05) is 0 Å². The van der Waals surface area contributed by atoms with Gasteiger partial charge in [-0.15, -0.1) is 0 Å². The van der Waals surface area contributed by atoms with Gasteiger partial charge < -0.3 is 10.4 Å². The third kappa shape index (κ3) is 2.62. The summed E-state index contributed by atoms with van der Waals surface area (Å²) in [7, 11) is 0. The van der Waals surface area contributed by atoms with Crippen LogP contribution in [0.5, 0.6) is 0 Å². The molecule has 2 N–H and O–H groups in total. The number of rotatable bonds is 5. The Hall–Kier alpha value is -1.84. The van der Waals surface area contributed by atoms with Gasteiger partial charge in [0.2, 0.25) is 5.91 Å². The normalized spacial score (nSPS) is 29.0. The van der Waals surface area contributed by atoms with Gasteiger partial charge in [0.05, 0.1) is 5.41 Å². The van der Waals surface area contributed by atoms with Gasteiger partial charge in [0, 0.05) is 12.5 Å². The van der Waals surface area contributed by atoms with E-state index in [4.69, 9.17) is 0 Å². The number of aliphatic carboxylic acids is 1. The number of carboxylic acids is 1. The zero-order chi connectivity index (χ0) is 15.8. The van der Waals surface area contributed by atoms with Gasteiger partial charge in [-0.05, 0) is 36.7 Å². The monoisotopic (exact) mass is 301 g/mol. The molecule has 0 radical (unpaired) electrons. The summed E-state index contributed by atoms with van der Waals surface area (Å²) >= 11 is 0. The van der Waals surface area contributed by atoms with E-state index in [1.165, 1.54) is 5.56 Å². The molecule has 118 valence electrons. The molecule has 0 aromatic heterocycles. The molecule has 4 heteroatoms. The topological polar surface area (TPSA) is 66.4 Å². The summed E-state index contributed by atoms with van der Waals surface area (Å²) < 4.78 is 0. The van der Waals surface area contributed by atoms with Crippen LogP contribution >= 0.6 is 0 Å². The zero-order valence-corrected chi connectivity index (χ0v) is 13.0. The Labute approximate surface area is 130 Å². The maximum absolute atomic E-state index is 12.1. The highest BCUT2D eigenvalue weighted by atomic mass is 16.4. The first-order chi connectivity index (χ1) is 10.4. The molecule has 1 aromatic carbocycles. The van der Waals surface area contributed by atoms with Crippen LogP contribution in [0.3, 0.4) is 0 Å². The second-order valence-corrected chi connectivity index (χ2v) is 7.22. The van der Waals surface area contributed by atoms with Crippen molar-refractivity contribution in [3.05, 3.63) is 35.9 Å². The third-order valence-electron chi connectivity index (χ3n) is 5.49. The fourth-order valence-corrected chi connectivity index (χ4v) is 3.86. The van der Waals surface area contributed by atoms with Crippen LogP contribution in [-0.4, -0.2) is 23.0 Å². The van der Waals surface area contributed by atoms with Gasteiger partial charge in [0.1, 0.15) is 0 Å². The van der Waals surface area contributed by atoms with Crippen LogP contribution in [0.15, 0.2) is 30.3 Å². The minimum atomic E-state index is -0.823. The SMILES string of the molecule is CC1(c2ccccc2)CC(NC(=O)CC2(C(=O)O)CCC2)C1. The van der Waals surface area contributed by atoms with E-state index in [1.807, 2.05) is 18.2 Å². The van der Waals surface area contributed by atoms with Crippen molar-refractivity contribution in [2.24, 2.45) is 5.41 Å². The standard InChI is InChI=1S/C18H23NO3/c1-17(13-6-3-2-4-7-13)10-14(11-17)19-15(20)12-18(16(21)22)8-5-9-18/h2-4,6-7,14H,5,8-12H2,1H3,(H,19,20)(H,21,22). The highest BCUT2D eigenvalue weighted by molar-refractivity contribution is 5.85. The summed E-state index contributed by atoms with van der Waals surface area (Å²) in [6, 6.07) is 10.5. The average molecular weight is 301 g/mol. The Bertz CT molecular complexity index is 571. The molecule has 0 aliphatic heterocycles. The van der Waals surface area contributed by atoms with Crippen LogP contribution < -0.4 is 5.32 Å². The van der Waals surface area contributed by atoms with Gasteiger partial charge >= 0.3 is 5.97 Å². The third-order valence-corrected chi connectivity index (χ3v) is 5.49. The smallest absolute Gasteiger partial charge is 0.310 e. The molecule has 0 spiro atoms. The lowest BCUT2D eigenvalue weighted by Crippen LogP contribution is -2.53. The molecule has 4 nitrogen and oxygen atoms in total. The molecule has 1 amide bonds. The number of hydrogen-bond donors (Lipinski definition) is 2. The van der Waals surface area contributed by atoms with Crippen LogP contribution in [0.1, 0.15) is 51.0 Å². The second-order valence-electron chi connectivity index (χ2n) is 7.22. The molecule has 0 saturated heterocycles. The van der Waals surface area contributed by atoms with Crippen molar-refractivity contribution < 1.29 is 14.7 Å². The van der Waals surface area contributed by atoms with Crippen molar-refractivity contribution in [3.8, 4) is 0 Å². The fraction of sp³-hybridized carbons (Fsp3) is 0.556. The maximum Gasteiger partial charge on any atom is 0.310 e. The molecule has 2 fully saturated rings. The number of carbonyl (C=O) groups is 2. The van der Waals surface area contributed by atoms with Crippen molar-refractivity contribution in [1.29, 1.82) is 0 Å². The summed E-state index contributed by atoms with van der Waals surface area (Å²) in [6.07, 6.45) is 4.13. The summed E-state index contributed by atoms with van der Waals surface area (Å²) in [4.78, 5) is 23.4. The van der Waals surface area contributed by atoms with Crippen LogP contribution in [0.4, 0.5) is 0 Å². The van der Waals surface area contributed by atoms with E-state index >= 15 is 0 Å². The van der Waals surface area contributed by atoms with E-state index in [-0.39, 0.29) is 23.8 Å². The predicted molar refractivity (Wildman–Crippen MR) is 83.5 cm³/mol. The van der Waals surface area contributed by atoms with Gasteiger partial charge in [-0.1, -0.05) is 43.7 Å². The van der Waals surface area contributed by atoms with Gasteiger partial charge in [0.15, 0.2) is 0 Å². The number of carbonyl (C=O) groups excluding carboxylic acids is 1. The number of benzene rings is 1. The Morgan fingerprint density at radius 2 is 1.86 bits per heavy atom. The lowest BCUT2D eigenvalue weighted by Gasteiger charge is -2.46. The molecule has 2 aliphatic carbocycles. The Morgan fingerprint density at radius 3 is 2.36 bits per heavy atom. The molecule has 0 atom stereocenters. The van der Waals surface area contributed by atoms with E-state index in [9.17, 15) is 14.7 Å². The van der Waals surface area contributed by atoms with Crippen molar-refractivity contribution in [2.45, 2.75) is 56.9 Å².